The van der Waals surface area contributed by atoms with Gasteiger partial charge in [0.1, 0.15) is 10.9 Å². The molecule has 1 unspecified atom stereocenters. The lowest BCUT2D eigenvalue weighted by Crippen LogP contribution is -2.41. The van der Waals surface area contributed by atoms with Crippen molar-refractivity contribution in [2.24, 2.45) is 0 Å². The fourth-order valence-electron chi connectivity index (χ4n) is 1.78. The molecule has 0 aliphatic heterocycles. The van der Waals surface area contributed by atoms with E-state index in [1.807, 2.05) is 0 Å². The molecule has 1 heterocycles. The third-order valence-corrected chi connectivity index (χ3v) is 4.52. The minimum Gasteiger partial charge on any atom is -0.480 e. The molecule has 21 heavy (non-hydrogen) atoms. The Balaban J connectivity index is 2.93. The van der Waals surface area contributed by atoms with Gasteiger partial charge in [-0.3, -0.25) is 14.7 Å². The van der Waals surface area contributed by atoms with Crippen LogP contribution in [0, 0.1) is 13.8 Å². The van der Waals surface area contributed by atoms with Crippen LogP contribution in [0.2, 0.25) is 0 Å². The highest BCUT2D eigenvalue weighted by molar-refractivity contribution is 7.89. The van der Waals surface area contributed by atoms with Crippen molar-refractivity contribution in [3.8, 4) is 0 Å². The molecule has 0 aliphatic carbocycles. The first kappa shape index (κ1) is 17.1. The summed E-state index contributed by atoms with van der Waals surface area (Å²) in [5.74, 6) is -1.99. The summed E-state index contributed by atoms with van der Waals surface area (Å²) in [4.78, 5) is 22.1. The number of esters is 1. The van der Waals surface area contributed by atoms with Crippen LogP contribution in [0.5, 0.6) is 0 Å². The first-order valence-corrected chi connectivity index (χ1v) is 7.51. The number of carbonyl (C=O) groups excluding carboxylic acids is 1. The minimum atomic E-state index is -4.05. The number of hydrogen-bond acceptors (Lipinski definition) is 6. The van der Waals surface area contributed by atoms with Crippen LogP contribution in [-0.2, 0) is 24.3 Å². The molecule has 0 amide bonds. The number of ether oxygens (including phenoxy) is 1. The number of methoxy groups -OCH3 is 1. The molecule has 0 radical (unpaired) electrons. The molecule has 0 spiro atoms. The average Bonchev–Trinajstić information content (AvgIpc) is 2.73. The van der Waals surface area contributed by atoms with Crippen LogP contribution >= 0.6 is 0 Å². The highest BCUT2D eigenvalue weighted by Gasteiger charge is 2.29. The van der Waals surface area contributed by atoms with Crippen molar-refractivity contribution in [3.05, 3.63) is 11.4 Å². The zero-order valence-electron chi connectivity index (χ0n) is 11.8. The Kier molecular flexibility index (Phi) is 5.44. The molecule has 1 aromatic heterocycles. The third kappa shape index (κ3) is 4.26. The van der Waals surface area contributed by atoms with Gasteiger partial charge in [0.05, 0.1) is 18.5 Å². The molecule has 118 valence electrons. The first-order valence-electron chi connectivity index (χ1n) is 6.02. The van der Waals surface area contributed by atoms with Gasteiger partial charge < -0.3 is 9.84 Å². The Morgan fingerprint density at radius 1 is 1.43 bits per heavy atom. The van der Waals surface area contributed by atoms with Crippen molar-refractivity contribution in [2.45, 2.75) is 37.6 Å². The van der Waals surface area contributed by atoms with Crippen LogP contribution in [0.4, 0.5) is 0 Å². The lowest BCUT2D eigenvalue weighted by Gasteiger charge is -2.14. The second-order valence-corrected chi connectivity index (χ2v) is 6.04. The number of nitrogens with one attached hydrogen (secondary N) is 2. The van der Waals surface area contributed by atoms with E-state index in [-0.39, 0.29) is 23.4 Å². The van der Waals surface area contributed by atoms with Crippen molar-refractivity contribution < 1.29 is 27.9 Å². The first-order chi connectivity index (χ1) is 9.69. The van der Waals surface area contributed by atoms with Gasteiger partial charge >= 0.3 is 11.9 Å². The van der Waals surface area contributed by atoms with Crippen molar-refractivity contribution in [1.29, 1.82) is 0 Å². The van der Waals surface area contributed by atoms with E-state index in [0.29, 0.717) is 5.69 Å². The molecule has 9 nitrogen and oxygen atoms in total. The Bertz CT molecular complexity index is 617. The molecule has 3 N–H and O–H groups in total. The maximum atomic E-state index is 12.2. The molecule has 1 aromatic rings. The number of carbonyl (C=O) groups is 2. The van der Waals surface area contributed by atoms with Crippen molar-refractivity contribution in [3.63, 3.8) is 0 Å². The van der Waals surface area contributed by atoms with Gasteiger partial charge in [-0.1, -0.05) is 0 Å². The Morgan fingerprint density at radius 3 is 2.48 bits per heavy atom. The van der Waals surface area contributed by atoms with E-state index in [9.17, 15) is 18.0 Å². The highest BCUT2D eigenvalue weighted by Crippen LogP contribution is 2.17. The largest absolute Gasteiger partial charge is 0.480 e. The molecule has 10 heteroatoms. The maximum absolute atomic E-state index is 12.2. The zero-order chi connectivity index (χ0) is 16.2. The molecule has 1 atom stereocenters. The molecule has 0 aliphatic rings. The predicted octanol–water partition coefficient (Wildman–Crippen LogP) is -0.289. The number of aromatic amines is 1. The van der Waals surface area contributed by atoms with Crippen LogP contribution in [0.25, 0.3) is 0 Å². The number of sulfonamides is 1. The molecule has 0 aromatic carbocycles. The quantitative estimate of drug-likeness (QED) is 0.587. The van der Waals surface area contributed by atoms with Crippen LogP contribution < -0.4 is 4.72 Å². The van der Waals surface area contributed by atoms with E-state index >= 15 is 0 Å². The van der Waals surface area contributed by atoms with Crippen LogP contribution in [0.15, 0.2) is 4.90 Å². The van der Waals surface area contributed by atoms with Crippen molar-refractivity contribution >= 4 is 22.0 Å². The lowest BCUT2D eigenvalue weighted by molar-refractivity contribution is -0.142. The van der Waals surface area contributed by atoms with E-state index in [2.05, 4.69) is 19.7 Å². The van der Waals surface area contributed by atoms with Gasteiger partial charge in [0.15, 0.2) is 0 Å². The maximum Gasteiger partial charge on any atom is 0.321 e. The van der Waals surface area contributed by atoms with Crippen molar-refractivity contribution in [1.82, 2.24) is 14.9 Å². The van der Waals surface area contributed by atoms with Gasteiger partial charge in [0, 0.05) is 6.42 Å². The summed E-state index contributed by atoms with van der Waals surface area (Å²) in [6.45, 7) is 3.00. The summed E-state index contributed by atoms with van der Waals surface area (Å²) in [6, 6.07) is -1.43. The van der Waals surface area contributed by atoms with Gasteiger partial charge in [-0.25, -0.2) is 8.42 Å². The summed E-state index contributed by atoms with van der Waals surface area (Å²) in [5.41, 5.74) is 0.536. The molecule has 0 fully saturated rings. The summed E-state index contributed by atoms with van der Waals surface area (Å²) in [5, 5.41) is 15.3. The number of carboxylic acid groups (broad SMARTS) is 1. The minimum absolute atomic E-state index is 0.0909. The van der Waals surface area contributed by atoms with Crippen LogP contribution in [0.1, 0.15) is 24.2 Å². The van der Waals surface area contributed by atoms with Crippen LogP contribution in [0.3, 0.4) is 0 Å². The predicted molar refractivity (Wildman–Crippen MR) is 71.1 cm³/mol. The number of rotatable bonds is 7. The zero-order valence-corrected chi connectivity index (χ0v) is 12.7. The Labute approximate surface area is 121 Å². The summed E-state index contributed by atoms with van der Waals surface area (Å²) < 4.78 is 30.9. The van der Waals surface area contributed by atoms with E-state index < -0.39 is 28.0 Å². The second-order valence-electron chi connectivity index (χ2n) is 4.39. The number of aromatic nitrogens is 2. The van der Waals surface area contributed by atoms with Crippen molar-refractivity contribution in [2.75, 3.05) is 7.11 Å². The lowest BCUT2D eigenvalue weighted by atomic mass is 10.2. The molecule has 0 saturated heterocycles. The number of nitrogens with zero attached hydrogens (tertiary/aromatic N) is 1. The SMILES string of the molecule is COC(=O)CCC(NS(=O)(=O)c1c(C)n[nH]c1C)C(=O)O. The van der Waals surface area contributed by atoms with E-state index in [0.717, 1.165) is 0 Å². The number of H-pyrrole nitrogens is 1. The number of carboxylic acids is 1. The molecule has 0 bridgehead atoms. The summed E-state index contributed by atoms with van der Waals surface area (Å²) in [6.07, 6.45) is -0.420. The summed E-state index contributed by atoms with van der Waals surface area (Å²) >= 11 is 0. The van der Waals surface area contributed by atoms with Gasteiger partial charge in [-0.15, -0.1) is 0 Å². The van der Waals surface area contributed by atoms with Crippen LogP contribution in [-0.4, -0.2) is 48.8 Å². The van der Waals surface area contributed by atoms with Gasteiger partial charge in [-0.2, -0.15) is 9.82 Å². The number of aliphatic carboxylic acids is 1. The summed E-state index contributed by atoms with van der Waals surface area (Å²) in [7, 11) is -2.89. The van der Waals surface area contributed by atoms with Gasteiger partial charge in [-0.05, 0) is 20.3 Å². The smallest absolute Gasteiger partial charge is 0.321 e. The molecule has 0 saturated carbocycles. The fourth-order valence-corrected chi connectivity index (χ4v) is 3.37. The van der Waals surface area contributed by atoms with E-state index in [1.54, 1.807) is 0 Å². The normalized spacial score (nSPS) is 12.9. The molecular formula is C11H17N3O6S. The average molecular weight is 319 g/mol. The molecular weight excluding hydrogens is 302 g/mol. The number of aryl methyl sites for hydroxylation is 2. The second kappa shape index (κ2) is 6.68. The van der Waals surface area contributed by atoms with Gasteiger partial charge in [0.25, 0.3) is 0 Å². The Hall–Kier alpha value is -1.94. The van der Waals surface area contributed by atoms with E-state index in [4.69, 9.17) is 5.11 Å². The topological polar surface area (TPSA) is 138 Å². The molecule has 1 rings (SSSR count). The monoisotopic (exact) mass is 319 g/mol. The number of hydrogen-bond donors (Lipinski definition) is 3. The fraction of sp³-hybridized carbons (Fsp3) is 0.545. The Morgan fingerprint density at radius 2 is 2.05 bits per heavy atom. The van der Waals surface area contributed by atoms with E-state index in [1.165, 1.54) is 21.0 Å². The van der Waals surface area contributed by atoms with Gasteiger partial charge in [0.2, 0.25) is 10.0 Å². The third-order valence-electron chi connectivity index (χ3n) is 2.79. The standard InChI is InChI=1S/C11H17N3O6S/c1-6-10(7(2)13-12-6)21(18,19)14-8(11(16)17)4-5-9(15)20-3/h8,14H,4-5H2,1-3H3,(H,12,13)(H,16,17). The highest BCUT2D eigenvalue weighted by atomic mass is 32.2.